The van der Waals surface area contributed by atoms with Crippen LogP contribution in [0.5, 0.6) is 0 Å². The van der Waals surface area contributed by atoms with E-state index in [4.69, 9.17) is 9.47 Å². The van der Waals surface area contributed by atoms with Crippen LogP contribution in [0.25, 0.3) is 0 Å². The van der Waals surface area contributed by atoms with Crippen molar-refractivity contribution in [2.24, 2.45) is 0 Å². The zero-order valence-corrected chi connectivity index (χ0v) is 14.3. The first kappa shape index (κ1) is 17.5. The summed E-state index contributed by atoms with van der Waals surface area (Å²) in [7, 11) is 0. The first-order chi connectivity index (χ1) is 11.1. The summed E-state index contributed by atoms with van der Waals surface area (Å²) in [6.45, 7) is 7.55. The third-order valence-corrected chi connectivity index (χ3v) is 3.73. The molecule has 0 unspecified atom stereocenters. The molecule has 2 rings (SSSR count). The molecule has 0 bridgehead atoms. The van der Waals surface area contributed by atoms with Gasteiger partial charge >= 0.3 is 0 Å². The lowest BCUT2D eigenvalue weighted by Gasteiger charge is -2.16. The molecular weight excluding hydrogens is 318 g/mol. The molecule has 0 fully saturated rings. The fourth-order valence-corrected chi connectivity index (χ4v) is 2.53. The van der Waals surface area contributed by atoms with Gasteiger partial charge in [-0.15, -0.1) is 16.4 Å². The van der Waals surface area contributed by atoms with Gasteiger partial charge in [0.05, 0.1) is 30.0 Å². The summed E-state index contributed by atoms with van der Waals surface area (Å²) < 4.78 is 12.4. The van der Waals surface area contributed by atoms with Crippen molar-refractivity contribution in [3.63, 3.8) is 0 Å². The molecule has 2 aromatic rings. The van der Waals surface area contributed by atoms with E-state index in [1.54, 1.807) is 17.5 Å². The number of carbonyl (C=O) groups is 1. The standard InChI is InChI=1S/C14H21N5O3S/c1-4-21-13(22-5-2)8-19-7-12(17-18-19)14(20)15-6-11-9-23-10(3)16-11/h7,9,13H,4-6,8H2,1-3H3,(H,15,20). The molecule has 2 aromatic heterocycles. The van der Waals surface area contributed by atoms with Gasteiger partial charge in [0, 0.05) is 18.6 Å². The van der Waals surface area contributed by atoms with Crippen LogP contribution in [0.3, 0.4) is 0 Å². The van der Waals surface area contributed by atoms with Crippen LogP contribution in [0.15, 0.2) is 11.6 Å². The van der Waals surface area contributed by atoms with Crippen molar-refractivity contribution in [3.8, 4) is 0 Å². The van der Waals surface area contributed by atoms with Gasteiger partial charge in [-0.05, 0) is 20.8 Å². The summed E-state index contributed by atoms with van der Waals surface area (Å²) in [5.74, 6) is -0.286. The Hall–Kier alpha value is -1.84. The molecule has 0 spiro atoms. The first-order valence-corrected chi connectivity index (χ1v) is 8.32. The molecule has 1 amide bonds. The zero-order valence-electron chi connectivity index (χ0n) is 13.5. The number of thiazole rings is 1. The van der Waals surface area contributed by atoms with Crippen LogP contribution in [0.2, 0.25) is 0 Å². The van der Waals surface area contributed by atoms with Crippen LogP contribution in [0.1, 0.15) is 35.0 Å². The summed E-state index contributed by atoms with van der Waals surface area (Å²) >= 11 is 1.55. The zero-order chi connectivity index (χ0) is 16.7. The Morgan fingerprint density at radius 2 is 2.13 bits per heavy atom. The molecule has 0 saturated heterocycles. The summed E-state index contributed by atoms with van der Waals surface area (Å²) in [5.41, 5.74) is 1.09. The highest BCUT2D eigenvalue weighted by atomic mass is 32.1. The monoisotopic (exact) mass is 339 g/mol. The Labute approximate surface area is 138 Å². The number of aryl methyl sites for hydroxylation is 1. The SMILES string of the molecule is CCOC(Cn1cc(C(=O)NCc2csc(C)n2)nn1)OCC. The molecule has 0 aliphatic carbocycles. The third kappa shape index (κ3) is 5.38. The topological polar surface area (TPSA) is 91.2 Å². The molecule has 0 aliphatic heterocycles. The first-order valence-electron chi connectivity index (χ1n) is 7.44. The van der Waals surface area contributed by atoms with Crippen LogP contribution in [-0.4, -0.2) is 45.4 Å². The maximum atomic E-state index is 12.1. The molecule has 2 heterocycles. The van der Waals surface area contributed by atoms with E-state index >= 15 is 0 Å². The lowest BCUT2D eigenvalue weighted by Crippen LogP contribution is -2.24. The quantitative estimate of drug-likeness (QED) is 0.694. The third-order valence-electron chi connectivity index (χ3n) is 2.91. The summed E-state index contributed by atoms with van der Waals surface area (Å²) in [6, 6.07) is 0. The molecule has 8 nitrogen and oxygen atoms in total. The maximum Gasteiger partial charge on any atom is 0.273 e. The number of hydrogen-bond acceptors (Lipinski definition) is 7. The normalized spacial score (nSPS) is 11.1. The molecule has 1 N–H and O–H groups in total. The number of aromatic nitrogens is 4. The molecule has 23 heavy (non-hydrogen) atoms. The summed E-state index contributed by atoms with van der Waals surface area (Å²) in [6.07, 6.45) is 1.17. The fourth-order valence-electron chi connectivity index (χ4n) is 1.92. The van der Waals surface area contributed by atoms with Crippen molar-refractivity contribution in [2.75, 3.05) is 13.2 Å². The predicted octanol–water partition coefficient (Wildman–Crippen LogP) is 1.37. The Morgan fingerprint density at radius 3 is 2.74 bits per heavy atom. The van der Waals surface area contributed by atoms with E-state index in [0.717, 1.165) is 10.7 Å². The number of rotatable bonds is 9. The van der Waals surface area contributed by atoms with Gasteiger partial charge in [0.15, 0.2) is 12.0 Å². The molecule has 0 radical (unpaired) electrons. The minimum Gasteiger partial charge on any atom is -0.351 e. The second-order valence-electron chi connectivity index (χ2n) is 4.71. The number of nitrogens with zero attached hydrogens (tertiary/aromatic N) is 4. The highest BCUT2D eigenvalue weighted by molar-refractivity contribution is 7.09. The average Bonchev–Trinajstić information content (AvgIpc) is 3.14. The lowest BCUT2D eigenvalue weighted by atomic mass is 10.4. The van der Waals surface area contributed by atoms with Gasteiger partial charge in [-0.3, -0.25) is 4.79 Å². The largest absolute Gasteiger partial charge is 0.351 e. The van der Waals surface area contributed by atoms with Gasteiger partial charge in [-0.1, -0.05) is 5.21 Å². The van der Waals surface area contributed by atoms with Crippen molar-refractivity contribution in [2.45, 2.75) is 40.2 Å². The van der Waals surface area contributed by atoms with E-state index in [1.165, 1.54) is 4.68 Å². The number of hydrogen-bond donors (Lipinski definition) is 1. The Kier molecular flexibility index (Phi) is 6.63. The maximum absolute atomic E-state index is 12.1. The van der Waals surface area contributed by atoms with Gasteiger partial charge in [-0.2, -0.15) is 0 Å². The average molecular weight is 339 g/mol. The molecule has 9 heteroatoms. The van der Waals surface area contributed by atoms with Gasteiger partial charge < -0.3 is 14.8 Å². The Bertz CT molecular complexity index is 621. The van der Waals surface area contributed by atoms with Crippen LogP contribution in [0.4, 0.5) is 0 Å². The van der Waals surface area contributed by atoms with E-state index in [0.29, 0.717) is 26.3 Å². The second kappa shape index (κ2) is 8.70. The van der Waals surface area contributed by atoms with E-state index in [1.807, 2.05) is 26.2 Å². The van der Waals surface area contributed by atoms with Gasteiger partial charge in [0.25, 0.3) is 5.91 Å². The van der Waals surface area contributed by atoms with Crippen LogP contribution in [-0.2, 0) is 22.6 Å². The summed E-state index contributed by atoms with van der Waals surface area (Å²) in [4.78, 5) is 16.4. The predicted molar refractivity (Wildman–Crippen MR) is 85.1 cm³/mol. The molecule has 0 saturated carbocycles. The van der Waals surface area contributed by atoms with E-state index in [-0.39, 0.29) is 11.6 Å². The van der Waals surface area contributed by atoms with Crippen molar-refractivity contribution >= 4 is 17.2 Å². The molecule has 126 valence electrons. The number of amides is 1. The van der Waals surface area contributed by atoms with Crippen molar-refractivity contribution < 1.29 is 14.3 Å². The minimum atomic E-state index is -0.402. The van der Waals surface area contributed by atoms with E-state index in [9.17, 15) is 4.79 Å². The lowest BCUT2D eigenvalue weighted by molar-refractivity contribution is -0.145. The summed E-state index contributed by atoms with van der Waals surface area (Å²) in [5, 5.41) is 13.5. The highest BCUT2D eigenvalue weighted by Crippen LogP contribution is 2.07. The van der Waals surface area contributed by atoms with Gasteiger partial charge in [-0.25, -0.2) is 9.67 Å². The van der Waals surface area contributed by atoms with Gasteiger partial charge in [0.1, 0.15) is 0 Å². The van der Waals surface area contributed by atoms with Crippen molar-refractivity contribution in [1.82, 2.24) is 25.3 Å². The molecule has 0 atom stereocenters. The Morgan fingerprint density at radius 1 is 1.39 bits per heavy atom. The van der Waals surface area contributed by atoms with Crippen molar-refractivity contribution in [3.05, 3.63) is 28.0 Å². The second-order valence-corrected chi connectivity index (χ2v) is 5.77. The van der Waals surface area contributed by atoms with Crippen LogP contribution < -0.4 is 5.32 Å². The fraction of sp³-hybridized carbons (Fsp3) is 0.571. The van der Waals surface area contributed by atoms with Crippen LogP contribution >= 0.6 is 11.3 Å². The van der Waals surface area contributed by atoms with Gasteiger partial charge in [0.2, 0.25) is 0 Å². The van der Waals surface area contributed by atoms with Crippen LogP contribution in [0, 0.1) is 6.92 Å². The highest BCUT2D eigenvalue weighted by Gasteiger charge is 2.14. The van der Waals surface area contributed by atoms with E-state index < -0.39 is 6.29 Å². The van der Waals surface area contributed by atoms with Crippen molar-refractivity contribution in [1.29, 1.82) is 0 Å². The molecule has 0 aromatic carbocycles. The smallest absolute Gasteiger partial charge is 0.273 e. The number of carbonyl (C=O) groups excluding carboxylic acids is 1. The molecular formula is C14H21N5O3S. The molecule has 0 aliphatic rings. The number of ether oxygens (including phenoxy) is 2. The minimum absolute atomic E-state index is 0.253. The number of nitrogens with one attached hydrogen (secondary N) is 1. The van der Waals surface area contributed by atoms with E-state index in [2.05, 4.69) is 20.6 Å². The Balaban J connectivity index is 1.88.